The summed E-state index contributed by atoms with van der Waals surface area (Å²) in [6.45, 7) is 8.08. The molecule has 5 unspecified atom stereocenters. The minimum absolute atomic E-state index is 0.0865. The molecule has 2 fully saturated rings. The fraction of sp³-hybridized carbons (Fsp3) is 0.642. The molecule has 77 heavy (non-hydrogen) atoms. The summed E-state index contributed by atoms with van der Waals surface area (Å²) in [6.07, 6.45) is 50.4. The third-order valence-electron chi connectivity index (χ3n) is 16.8. The lowest BCUT2D eigenvalue weighted by atomic mass is 10.00. The first-order chi connectivity index (χ1) is 37.7. The summed E-state index contributed by atoms with van der Waals surface area (Å²) in [5, 5.41) is 13.0. The molecular formula is C67H103N4O6+. The fourth-order valence-corrected chi connectivity index (χ4v) is 12.0. The number of hydrogen-bond acceptors (Lipinski definition) is 6. The van der Waals surface area contributed by atoms with E-state index in [0.29, 0.717) is 42.8 Å². The molecule has 426 valence electrons. The molecule has 0 aliphatic carbocycles. The number of benzene rings is 2. The van der Waals surface area contributed by atoms with Crippen LogP contribution in [0.1, 0.15) is 218 Å². The zero-order chi connectivity index (χ0) is 54.3. The monoisotopic (exact) mass is 1060 g/mol. The summed E-state index contributed by atoms with van der Waals surface area (Å²) < 4.78 is 18.8. The summed E-state index contributed by atoms with van der Waals surface area (Å²) in [5.41, 5.74) is 4.54. The van der Waals surface area contributed by atoms with E-state index in [1.807, 2.05) is 17.0 Å². The minimum atomic E-state index is -0.994. The topological polar surface area (TPSA) is 117 Å². The summed E-state index contributed by atoms with van der Waals surface area (Å²) in [7, 11) is 2.18. The SMILES string of the molecule is CCCCC/C=C\C/C=C\CCCCCCCC(O)OC(C)OC(=O)N1CC(COc2ccc3[nH]cc(CC4CCC[N+]4(C)C(=O)CCCCCCC/C=C\CCCCCCCC)c3c2)C[C@H]1Cc1c[nH]c2ccccc12. The molecular weight excluding hydrogens is 957 g/mol. The Morgan fingerprint density at radius 1 is 0.714 bits per heavy atom. The number of aliphatic hydroxyl groups is 1. The zero-order valence-electron chi connectivity index (χ0n) is 48.5. The lowest BCUT2D eigenvalue weighted by Gasteiger charge is -2.33. The normalized spacial score (nSPS) is 19.8. The Bertz CT molecular complexity index is 2370. The van der Waals surface area contributed by atoms with Gasteiger partial charge in [0, 0.05) is 72.0 Å². The van der Waals surface area contributed by atoms with E-state index in [1.165, 1.54) is 115 Å². The van der Waals surface area contributed by atoms with Gasteiger partial charge in [-0.2, -0.15) is 0 Å². The zero-order valence-corrected chi connectivity index (χ0v) is 48.5. The number of allylic oxidation sites excluding steroid dienone is 6. The summed E-state index contributed by atoms with van der Waals surface area (Å²) >= 11 is 0. The number of amides is 2. The van der Waals surface area contributed by atoms with Crippen LogP contribution in [0.2, 0.25) is 0 Å². The fourth-order valence-electron chi connectivity index (χ4n) is 12.0. The number of unbranched alkanes of at least 4 members (excludes halogenated alkanes) is 19. The predicted molar refractivity (Wildman–Crippen MR) is 319 cm³/mol. The Hall–Kier alpha value is -4.64. The number of aromatic amines is 2. The highest BCUT2D eigenvalue weighted by molar-refractivity contribution is 5.85. The highest BCUT2D eigenvalue weighted by atomic mass is 16.7. The number of carbonyl (C=O) groups excluding carboxylic acids is 2. The quantitative estimate of drug-likeness (QED) is 0.0177. The Balaban J connectivity index is 0.929. The van der Waals surface area contributed by atoms with Gasteiger partial charge in [-0.15, -0.1) is 0 Å². The number of hydrogen-bond donors (Lipinski definition) is 3. The van der Waals surface area contributed by atoms with Gasteiger partial charge in [-0.1, -0.05) is 152 Å². The number of rotatable bonds is 39. The predicted octanol–water partition coefficient (Wildman–Crippen LogP) is 17.3. The van der Waals surface area contributed by atoms with Crippen molar-refractivity contribution in [3.8, 4) is 5.75 Å². The van der Waals surface area contributed by atoms with Crippen molar-refractivity contribution < 1.29 is 33.4 Å². The molecule has 0 bridgehead atoms. The second-order valence-electron chi connectivity index (χ2n) is 23.1. The molecule has 10 nitrogen and oxygen atoms in total. The second-order valence-corrected chi connectivity index (χ2v) is 23.1. The van der Waals surface area contributed by atoms with Gasteiger partial charge in [0.15, 0.2) is 6.29 Å². The van der Waals surface area contributed by atoms with Gasteiger partial charge >= 0.3 is 12.0 Å². The van der Waals surface area contributed by atoms with Crippen molar-refractivity contribution in [2.45, 2.75) is 244 Å². The van der Waals surface area contributed by atoms with E-state index in [-0.39, 0.29) is 18.0 Å². The Kier molecular flexibility index (Phi) is 28.0. The molecule has 2 aromatic carbocycles. The van der Waals surface area contributed by atoms with E-state index < -0.39 is 18.7 Å². The Morgan fingerprint density at radius 2 is 1.30 bits per heavy atom. The van der Waals surface area contributed by atoms with E-state index in [2.05, 4.69) is 110 Å². The van der Waals surface area contributed by atoms with Gasteiger partial charge in [-0.25, -0.2) is 9.59 Å². The van der Waals surface area contributed by atoms with Crippen molar-refractivity contribution in [1.82, 2.24) is 14.9 Å². The number of para-hydroxylation sites is 1. The first-order valence-electron chi connectivity index (χ1n) is 31.1. The Labute approximate surface area is 465 Å². The van der Waals surface area contributed by atoms with Gasteiger partial charge in [0.2, 0.25) is 6.29 Å². The molecule has 2 saturated heterocycles. The van der Waals surface area contributed by atoms with Crippen LogP contribution in [0.15, 0.2) is 91.3 Å². The smallest absolute Gasteiger partial charge is 0.412 e. The summed E-state index contributed by atoms with van der Waals surface area (Å²) in [5.74, 6) is 1.29. The number of quaternary nitrogens is 1. The third-order valence-corrected chi connectivity index (χ3v) is 16.8. The highest BCUT2D eigenvalue weighted by Gasteiger charge is 2.44. The number of carbonyl (C=O) groups is 2. The van der Waals surface area contributed by atoms with Crippen molar-refractivity contribution >= 4 is 33.8 Å². The van der Waals surface area contributed by atoms with Gasteiger partial charge in [0.25, 0.3) is 0 Å². The number of ether oxygens (including phenoxy) is 3. The first kappa shape index (κ1) is 61.6. The van der Waals surface area contributed by atoms with Crippen LogP contribution in [0.5, 0.6) is 5.75 Å². The van der Waals surface area contributed by atoms with Crippen LogP contribution in [0.3, 0.4) is 0 Å². The van der Waals surface area contributed by atoms with Gasteiger partial charge in [0.05, 0.1) is 26.6 Å². The lowest BCUT2D eigenvalue weighted by molar-refractivity contribution is -0.847. The molecule has 0 radical (unpaired) electrons. The molecule has 4 heterocycles. The molecule has 2 amide bonds. The van der Waals surface area contributed by atoms with E-state index in [1.54, 1.807) is 6.92 Å². The van der Waals surface area contributed by atoms with Crippen LogP contribution in [0.25, 0.3) is 21.8 Å². The van der Waals surface area contributed by atoms with E-state index in [9.17, 15) is 14.7 Å². The van der Waals surface area contributed by atoms with Gasteiger partial charge in [0.1, 0.15) is 11.8 Å². The average Bonchev–Trinajstić information content (AvgIpc) is 4.25. The number of aromatic nitrogens is 2. The average molecular weight is 1060 g/mol. The maximum atomic E-state index is 14.0. The highest BCUT2D eigenvalue weighted by Crippen LogP contribution is 2.34. The second kappa shape index (κ2) is 35.1. The van der Waals surface area contributed by atoms with Crippen LogP contribution in [-0.2, 0) is 27.1 Å². The molecule has 3 N–H and O–H groups in total. The van der Waals surface area contributed by atoms with Crippen LogP contribution in [0.4, 0.5) is 4.79 Å². The third kappa shape index (κ3) is 21.2. The molecule has 6 rings (SSSR count). The van der Waals surface area contributed by atoms with E-state index >= 15 is 0 Å². The van der Waals surface area contributed by atoms with Gasteiger partial charge in [-0.3, -0.25) is 4.48 Å². The van der Waals surface area contributed by atoms with Crippen LogP contribution >= 0.6 is 0 Å². The lowest BCUT2D eigenvalue weighted by Crippen LogP contribution is -2.53. The number of nitrogens with one attached hydrogen (secondary N) is 2. The maximum absolute atomic E-state index is 14.0. The van der Waals surface area contributed by atoms with E-state index in [0.717, 1.165) is 110 Å². The molecule has 0 spiro atoms. The van der Waals surface area contributed by atoms with Crippen LogP contribution in [0, 0.1) is 5.92 Å². The number of aliphatic hydroxyl groups excluding tert-OH is 1. The molecule has 2 aromatic heterocycles. The maximum Gasteiger partial charge on any atom is 0.412 e. The number of H-pyrrole nitrogens is 2. The van der Waals surface area contributed by atoms with Gasteiger partial charge < -0.3 is 34.2 Å². The Morgan fingerprint density at radius 3 is 2.00 bits per heavy atom. The first-order valence-corrected chi connectivity index (χ1v) is 31.1. The summed E-state index contributed by atoms with van der Waals surface area (Å²) in [6, 6.07) is 14.7. The van der Waals surface area contributed by atoms with Crippen molar-refractivity contribution in [3.63, 3.8) is 0 Å². The molecule has 2 aliphatic heterocycles. The molecule has 10 heteroatoms. The minimum Gasteiger partial charge on any atom is -0.493 e. The van der Waals surface area contributed by atoms with Crippen LogP contribution < -0.4 is 4.74 Å². The van der Waals surface area contributed by atoms with Crippen molar-refractivity contribution in [1.29, 1.82) is 0 Å². The van der Waals surface area contributed by atoms with Crippen molar-refractivity contribution in [2.75, 3.05) is 26.7 Å². The number of likely N-dealkylation sites (tertiary alicyclic amines) is 2. The molecule has 2 aliphatic rings. The van der Waals surface area contributed by atoms with Crippen molar-refractivity contribution in [3.05, 3.63) is 102 Å². The summed E-state index contributed by atoms with van der Waals surface area (Å²) in [4.78, 5) is 36.6. The largest absolute Gasteiger partial charge is 0.493 e. The molecule has 6 atom stereocenters. The number of likely N-dealkylation sites (N-methyl/N-ethyl adjacent to an activating group) is 1. The van der Waals surface area contributed by atoms with E-state index in [4.69, 9.17) is 14.2 Å². The molecule has 0 saturated carbocycles. The number of fused-ring (bicyclic) bond motifs is 2. The van der Waals surface area contributed by atoms with Crippen molar-refractivity contribution in [2.24, 2.45) is 5.92 Å². The number of nitrogens with zero attached hydrogens (tertiary/aromatic N) is 2. The van der Waals surface area contributed by atoms with Gasteiger partial charge in [-0.05, 0) is 132 Å². The van der Waals surface area contributed by atoms with Crippen LogP contribution in [-0.4, -0.2) is 87.9 Å². The standard InChI is InChI=1S/C67H103N4O6/c1-5-7-9-11-13-15-17-19-21-23-25-27-29-31-33-41-65(72)71(4)45-37-38-59(71)48-57-51-69-64-44-43-60(49-62(57)64)75-53-55-46-58(47-56-50-68-63-40-36-35-39-61(56)63)70(52-55)67(74)77-54(3)76-66(73)42-34-32-30-28-26-24-22-20-18-16-14-12-10-8-6-2/h14,16,19-22,35-36,39-40,43-44,49-51,54-55,58-59,66,68-69,73H,5-13,15,17-18,23-34,37-38,41-42,45-48,52-53H2,1-4H3/q+1/b16-14-,21-19-,22-20-/t54?,55?,58-,59?,66?,71?/m0/s1. The molecule has 4 aromatic rings.